The van der Waals surface area contributed by atoms with E-state index in [-0.39, 0.29) is 17.7 Å². The fourth-order valence-corrected chi connectivity index (χ4v) is 2.34. The van der Waals surface area contributed by atoms with Crippen LogP contribution in [0.2, 0.25) is 0 Å². The van der Waals surface area contributed by atoms with E-state index in [1.165, 1.54) is 12.5 Å². The molecule has 0 bridgehead atoms. The fourth-order valence-electron chi connectivity index (χ4n) is 2.34. The summed E-state index contributed by atoms with van der Waals surface area (Å²) in [7, 11) is 0. The van der Waals surface area contributed by atoms with E-state index in [2.05, 4.69) is 5.32 Å². The first kappa shape index (κ1) is 13.6. The smallest absolute Gasteiger partial charge is 0.257 e. The summed E-state index contributed by atoms with van der Waals surface area (Å²) in [6, 6.07) is 1.66. The topological polar surface area (TPSA) is 62.6 Å². The van der Waals surface area contributed by atoms with E-state index in [1.54, 1.807) is 11.0 Å². The number of hydrogen-bond donors (Lipinski definition) is 1. The highest BCUT2D eigenvalue weighted by Crippen LogP contribution is 2.19. The molecule has 5 nitrogen and oxygen atoms in total. The number of nitrogens with zero attached hydrogens (tertiary/aromatic N) is 1. The predicted octanol–water partition coefficient (Wildman–Crippen LogP) is 1.66. The number of carbonyl (C=O) groups is 2. The number of likely N-dealkylation sites (tertiary alicyclic amines) is 1. The van der Waals surface area contributed by atoms with Gasteiger partial charge in [-0.25, -0.2) is 0 Å². The van der Waals surface area contributed by atoms with Crippen molar-refractivity contribution < 1.29 is 14.0 Å². The highest BCUT2D eigenvalue weighted by molar-refractivity contribution is 5.94. The molecule has 19 heavy (non-hydrogen) atoms. The highest BCUT2D eigenvalue weighted by atomic mass is 16.3. The summed E-state index contributed by atoms with van der Waals surface area (Å²) in [5, 5.41) is 2.90. The number of carbonyl (C=O) groups excluding carboxylic acids is 2. The van der Waals surface area contributed by atoms with Crippen LogP contribution in [0.15, 0.2) is 23.0 Å². The van der Waals surface area contributed by atoms with Crippen LogP contribution in [0.3, 0.4) is 0 Å². The van der Waals surface area contributed by atoms with Gasteiger partial charge in [-0.3, -0.25) is 9.59 Å². The lowest BCUT2D eigenvalue weighted by Crippen LogP contribution is -2.45. The van der Waals surface area contributed by atoms with Gasteiger partial charge >= 0.3 is 0 Å². The summed E-state index contributed by atoms with van der Waals surface area (Å²) >= 11 is 0. The molecule has 1 atom stereocenters. The van der Waals surface area contributed by atoms with Gasteiger partial charge in [-0.05, 0) is 25.3 Å². The SMILES string of the molecule is CCCNC(=O)C1CCCN(C(=O)c2ccoc2)C1. The molecule has 1 aromatic heterocycles. The Kier molecular flexibility index (Phi) is 4.60. The van der Waals surface area contributed by atoms with Crippen LogP contribution in [0, 0.1) is 5.92 Å². The Morgan fingerprint density at radius 2 is 2.37 bits per heavy atom. The molecule has 0 spiro atoms. The maximum atomic E-state index is 12.2. The summed E-state index contributed by atoms with van der Waals surface area (Å²) in [5.41, 5.74) is 0.551. The average molecular weight is 264 g/mol. The molecule has 2 amide bonds. The Labute approximate surface area is 113 Å². The largest absolute Gasteiger partial charge is 0.472 e. The van der Waals surface area contributed by atoms with Gasteiger partial charge in [-0.1, -0.05) is 6.92 Å². The molecule has 1 aliphatic rings. The van der Waals surface area contributed by atoms with Crippen LogP contribution in [0.1, 0.15) is 36.5 Å². The van der Waals surface area contributed by atoms with Gasteiger partial charge in [0.1, 0.15) is 6.26 Å². The van der Waals surface area contributed by atoms with E-state index in [4.69, 9.17) is 4.42 Å². The standard InChI is InChI=1S/C14H20N2O3/c1-2-6-15-13(17)11-4-3-7-16(9-11)14(18)12-5-8-19-10-12/h5,8,10-11H,2-4,6-7,9H2,1H3,(H,15,17). The molecule has 1 saturated heterocycles. The number of rotatable bonds is 4. The Morgan fingerprint density at radius 3 is 3.05 bits per heavy atom. The molecule has 1 N–H and O–H groups in total. The summed E-state index contributed by atoms with van der Waals surface area (Å²) in [6.07, 6.45) is 5.58. The van der Waals surface area contributed by atoms with E-state index in [0.717, 1.165) is 19.3 Å². The van der Waals surface area contributed by atoms with Crippen LogP contribution in [0.25, 0.3) is 0 Å². The van der Waals surface area contributed by atoms with Crippen molar-refractivity contribution in [2.45, 2.75) is 26.2 Å². The first-order valence-corrected chi connectivity index (χ1v) is 6.81. The second-order valence-electron chi connectivity index (χ2n) is 4.89. The zero-order valence-corrected chi connectivity index (χ0v) is 11.2. The molecule has 2 rings (SSSR count). The van der Waals surface area contributed by atoms with E-state index in [9.17, 15) is 9.59 Å². The van der Waals surface area contributed by atoms with Crippen molar-refractivity contribution in [1.82, 2.24) is 10.2 Å². The van der Waals surface area contributed by atoms with Crippen molar-refractivity contribution in [2.24, 2.45) is 5.92 Å². The maximum absolute atomic E-state index is 12.2. The van der Waals surface area contributed by atoms with Gasteiger partial charge in [0.25, 0.3) is 5.91 Å². The third-order valence-corrected chi connectivity index (χ3v) is 3.40. The van der Waals surface area contributed by atoms with Gasteiger partial charge < -0.3 is 14.6 Å². The van der Waals surface area contributed by atoms with Gasteiger partial charge in [0.2, 0.25) is 5.91 Å². The summed E-state index contributed by atoms with van der Waals surface area (Å²) in [5.74, 6) is -0.0792. The zero-order chi connectivity index (χ0) is 13.7. The van der Waals surface area contributed by atoms with Crippen molar-refractivity contribution in [1.29, 1.82) is 0 Å². The molecular weight excluding hydrogens is 244 g/mol. The molecule has 1 aliphatic heterocycles. The van der Waals surface area contributed by atoms with Gasteiger partial charge in [0.05, 0.1) is 17.7 Å². The molecule has 0 aromatic carbocycles. The van der Waals surface area contributed by atoms with Gasteiger partial charge in [-0.2, -0.15) is 0 Å². The van der Waals surface area contributed by atoms with Crippen molar-refractivity contribution >= 4 is 11.8 Å². The number of amides is 2. The molecule has 0 radical (unpaired) electrons. The molecule has 1 unspecified atom stereocenters. The third-order valence-electron chi connectivity index (χ3n) is 3.40. The number of hydrogen-bond acceptors (Lipinski definition) is 3. The minimum Gasteiger partial charge on any atom is -0.472 e. The van der Waals surface area contributed by atoms with Crippen molar-refractivity contribution in [3.05, 3.63) is 24.2 Å². The van der Waals surface area contributed by atoms with Crippen LogP contribution in [-0.4, -0.2) is 36.3 Å². The zero-order valence-electron chi connectivity index (χ0n) is 11.2. The Balaban J connectivity index is 1.93. The number of piperidine rings is 1. The van der Waals surface area contributed by atoms with Crippen LogP contribution in [-0.2, 0) is 4.79 Å². The van der Waals surface area contributed by atoms with E-state index in [0.29, 0.717) is 25.2 Å². The van der Waals surface area contributed by atoms with Crippen LogP contribution in [0.5, 0.6) is 0 Å². The second-order valence-corrected chi connectivity index (χ2v) is 4.89. The lowest BCUT2D eigenvalue weighted by atomic mass is 9.96. The van der Waals surface area contributed by atoms with E-state index < -0.39 is 0 Å². The van der Waals surface area contributed by atoms with Gasteiger partial charge in [0, 0.05) is 19.6 Å². The van der Waals surface area contributed by atoms with Crippen molar-refractivity contribution in [3.63, 3.8) is 0 Å². The number of furan rings is 1. The summed E-state index contributed by atoms with van der Waals surface area (Å²) < 4.78 is 4.93. The van der Waals surface area contributed by atoms with Crippen LogP contribution in [0.4, 0.5) is 0 Å². The fraction of sp³-hybridized carbons (Fsp3) is 0.571. The molecular formula is C14H20N2O3. The Bertz CT molecular complexity index is 428. The normalized spacial score (nSPS) is 19.2. The molecule has 104 valence electrons. The van der Waals surface area contributed by atoms with Gasteiger partial charge in [-0.15, -0.1) is 0 Å². The Morgan fingerprint density at radius 1 is 1.53 bits per heavy atom. The minimum atomic E-state index is -0.0869. The van der Waals surface area contributed by atoms with Crippen LogP contribution >= 0.6 is 0 Å². The Hall–Kier alpha value is -1.78. The third kappa shape index (κ3) is 3.36. The number of nitrogens with one attached hydrogen (secondary N) is 1. The minimum absolute atomic E-state index is 0.0539. The van der Waals surface area contributed by atoms with Crippen LogP contribution < -0.4 is 5.32 Å². The van der Waals surface area contributed by atoms with E-state index in [1.807, 2.05) is 6.92 Å². The van der Waals surface area contributed by atoms with Gasteiger partial charge in [0.15, 0.2) is 0 Å². The first-order chi connectivity index (χ1) is 9.22. The molecule has 5 heteroatoms. The molecule has 1 fully saturated rings. The highest BCUT2D eigenvalue weighted by Gasteiger charge is 2.28. The quantitative estimate of drug-likeness (QED) is 0.899. The van der Waals surface area contributed by atoms with Crippen molar-refractivity contribution in [2.75, 3.05) is 19.6 Å². The van der Waals surface area contributed by atoms with Crippen molar-refractivity contribution in [3.8, 4) is 0 Å². The predicted molar refractivity (Wildman–Crippen MR) is 70.6 cm³/mol. The monoisotopic (exact) mass is 264 g/mol. The maximum Gasteiger partial charge on any atom is 0.257 e. The molecule has 0 aliphatic carbocycles. The molecule has 2 heterocycles. The second kappa shape index (κ2) is 6.41. The lowest BCUT2D eigenvalue weighted by molar-refractivity contribution is -0.126. The molecule has 1 aromatic rings. The lowest BCUT2D eigenvalue weighted by Gasteiger charge is -2.31. The first-order valence-electron chi connectivity index (χ1n) is 6.81. The summed E-state index contributed by atoms with van der Waals surface area (Å²) in [4.78, 5) is 25.9. The van der Waals surface area contributed by atoms with E-state index >= 15 is 0 Å². The molecule has 0 saturated carbocycles. The summed E-state index contributed by atoms with van der Waals surface area (Å²) in [6.45, 7) is 3.93. The average Bonchev–Trinajstić information content (AvgIpc) is 2.98.